The molecule has 0 aliphatic rings. The van der Waals surface area contributed by atoms with E-state index in [2.05, 4.69) is 15.4 Å². The van der Waals surface area contributed by atoms with Crippen molar-refractivity contribution in [1.29, 1.82) is 0 Å². The van der Waals surface area contributed by atoms with Crippen molar-refractivity contribution in [2.24, 2.45) is 5.73 Å². The number of aromatic nitrogens is 3. The molecular weight excluding hydrogens is 512 g/mol. The summed E-state index contributed by atoms with van der Waals surface area (Å²) in [4.78, 5) is 27.9. The van der Waals surface area contributed by atoms with Crippen LogP contribution in [-0.2, 0) is 23.7 Å². The monoisotopic (exact) mass is 527 g/mol. The second-order valence-corrected chi connectivity index (χ2v) is 8.71. The van der Waals surface area contributed by atoms with Crippen molar-refractivity contribution in [1.82, 2.24) is 14.8 Å². The molecule has 3 N–H and O–H groups in total. The first kappa shape index (κ1) is 25.2. The van der Waals surface area contributed by atoms with Crippen molar-refractivity contribution >= 4 is 39.1 Å². The van der Waals surface area contributed by atoms with E-state index in [9.17, 15) is 35.9 Å². The molecule has 1 aromatic carbocycles. The molecule has 0 aliphatic carbocycles. The molecule has 0 radical (unpaired) electrons. The van der Waals surface area contributed by atoms with Crippen molar-refractivity contribution in [2.75, 3.05) is 5.32 Å². The predicted octanol–water partition coefficient (Wildman–Crippen LogP) is 5.24. The number of primary amides is 1. The molecule has 188 valence electrons. The van der Waals surface area contributed by atoms with Gasteiger partial charge in [0.05, 0.1) is 5.69 Å². The third kappa shape index (κ3) is 5.03. The summed E-state index contributed by atoms with van der Waals surface area (Å²) in [5, 5.41) is 5.72. The highest BCUT2D eigenvalue weighted by atomic mass is 32.1. The minimum atomic E-state index is -4.80. The van der Waals surface area contributed by atoms with Gasteiger partial charge in [0.25, 0.3) is 5.91 Å². The van der Waals surface area contributed by atoms with Gasteiger partial charge in [-0.15, -0.1) is 11.3 Å². The lowest BCUT2D eigenvalue weighted by Gasteiger charge is -2.13. The average Bonchev–Trinajstić information content (AvgIpc) is 3.38. The Morgan fingerprint density at radius 3 is 2.22 bits per heavy atom. The molecule has 0 unspecified atom stereocenters. The first-order valence-corrected chi connectivity index (χ1v) is 10.9. The summed E-state index contributed by atoms with van der Waals surface area (Å²) in [6.07, 6.45) is -8.57. The summed E-state index contributed by atoms with van der Waals surface area (Å²) in [7, 11) is 0. The largest absolute Gasteiger partial charge is 0.435 e. The van der Waals surface area contributed by atoms with Crippen molar-refractivity contribution in [3.8, 4) is 11.1 Å². The van der Waals surface area contributed by atoms with E-state index in [0.717, 1.165) is 22.5 Å². The highest BCUT2D eigenvalue weighted by Crippen LogP contribution is 2.43. The van der Waals surface area contributed by atoms with E-state index in [0.29, 0.717) is 23.0 Å². The molecule has 0 saturated carbocycles. The smallest absolute Gasteiger partial charge is 0.365 e. The summed E-state index contributed by atoms with van der Waals surface area (Å²) in [6.45, 7) is 1.12. The van der Waals surface area contributed by atoms with Gasteiger partial charge in [-0.1, -0.05) is 29.8 Å². The second kappa shape index (κ2) is 8.93. The van der Waals surface area contributed by atoms with Gasteiger partial charge in [-0.3, -0.25) is 14.3 Å². The summed E-state index contributed by atoms with van der Waals surface area (Å²) < 4.78 is 79.8. The maximum atomic E-state index is 13.6. The lowest BCUT2D eigenvalue weighted by Crippen LogP contribution is -2.21. The molecule has 14 heteroatoms. The van der Waals surface area contributed by atoms with Gasteiger partial charge in [0.1, 0.15) is 21.9 Å². The number of carbonyl (C=O) groups is 2. The Balaban J connectivity index is 1.83. The maximum absolute atomic E-state index is 13.6. The fourth-order valence-corrected chi connectivity index (χ4v) is 4.43. The normalized spacial score (nSPS) is 12.2. The van der Waals surface area contributed by atoms with Crippen LogP contribution in [0.5, 0.6) is 0 Å². The Hall–Kier alpha value is -3.94. The first-order chi connectivity index (χ1) is 16.7. The number of halogens is 6. The Kier molecular flexibility index (Phi) is 6.24. The molecule has 4 aromatic rings. The predicted molar refractivity (Wildman–Crippen MR) is 119 cm³/mol. The molecule has 7 nitrogen and oxygen atoms in total. The third-order valence-electron chi connectivity index (χ3n) is 5.04. The van der Waals surface area contributed by atoms with Crippen LogP contribution in [0.2, 0.25) is 0 Å². The molecule has 0 fully saturated rings. The summed E-state index contributed by atoms with van der Waals surface area (Å²) in [6, 6.07) is 7.96. The van der Waals surface area contributed by atoms with Crippen LogP contribution in [0.4, 0.5) is 32.0 Å². The molecule has 4 rings (SSSR count). The van der Waals surface area contributed by atoms with Crippen LogP contribution >= 0.6 is 11.3 Å². The van der Waals surface area contributed by atoms with Gasteiger partial charge >= 0.3 is 12.4 Å². The molecule has 0 spiro atoms. The van der Waals surface area contributed by atoms with Crippen molar-refractivity contribution in [3.05, 3.63) is 64.4 Å². The SMILES string of the molecule is Cc1ccc(-c2cc(C(F)(F)F)nc3sc(C(N)=O)c(NC(=O)Cn4ccc(C(F)(F)F)n4)c23)cc1. The van der Waals surface area contributed by atoms with E-state index in [4.69, 9.17) is 5.73 Å². The number of hydrogen-bond donors (Lipinski definition) is 2. The number of nitrogens with one attached hydrogen (secondary N) is 1. The topological polar surface area (TPSA) is 103 Å². The van der Waals surface area contributed by atoms with Crippen molar-refractivity contribution < 1.29 is 35.9 Å². The number of aryl methyl sites for hydroxylation is 1. The highest BCUT2D eigenvalue weighted by molar-refractivity contribution is 7.21. The Morgan fingerprint density at radius 2 is 1.67 bits per heavy atom. The zero-order valence-electron chi connectivity index (χ0n) is 18.2. The Morgan fingerprint density at radius 1 is 1.03 bits per heavy atom. The quantitative estimate of drug-likeness (QED) is 0.347. The number of alkyl halides is 6. The van der Waals surface area contributed by atoms with Gasteiger partial charge in [0, 0.05) is 11.6 Å². The van der Waals surface area contributed by atoms with Crippen LogP contribution in [0.25, 0.3) is 21.3 Å². The Bertz CT molecular complexity index is 1470. The van der Waals surface area contributed by atoms with Gasteiger partial charge in [-0.2, -0.15) is 31.4 Å². The fraction of sp³-hybridized carbons (Fsp3) is 0.182. The molecule has 3 aromatic heterocycles. The highest BCUT2D eigenvalue weighted by Gasteiger charge is 2.35. The number of carbonyl (C=O) groups excluding carboxylic acids is 2. The van der Waals surface area contributed by atoms with Gasteiger partial charge in [-0.25, -0.2) is 4.98 Å². The van der Waals surface area contributed by atoms with Gasteiger partial charge in [0.15, 0.2) is 5.69 Å². The van der Waals surface area contributed by atoms with Gasteiger partial charge in [0.2, 0.25) is 5.91 Å². The first-order valence-electron chi connectivity index (χ1n) is 10.1. The average molecular weight is 527 g/mol. The number of amides is 2. The second-order valence-electron chi connectivity index (χ2n) is 7.71. The van der Waals surface area contributed by atoms with Crippen molar-refractivity contribution in [2.45, 2.75) is 25.8 Å². The summed E-state index contributed by atoms with van der Waals surface area (Å²) in [5.74, 6) is -1.92. The lowest BCUT2D eigenvalue weighted by atomic mass is 10.00. The number of thiophene rings is 1. The summed E-state index contributed by atoms with van der Waals surface area (Å²) >= 11 is 0.558. The van der Waals surface area contributed by atoms with E-state index in [1.807, 2.05) is 0 Å². The van der Waals surface area contributed by atoms with E-state index in [1.165, 1.54) is 0 Å². The van der Waals surface area contributed by atoms with Crippen LogP contribution in [0, 0.1) is 6.92 Å². The Labute approximate surface area is 202 Å². The zero-order valence-corrected chi connectivity index (χ0v) is 19.0. The molecule has 0 atom stereocenters. The summed E-state index contributed by atoms with van der Waals surface area (Å²) in [5.41, 5.74) is 4.04. The standard InChI is InChI=1S/C22H15F6N5O2S/c1-10-2-4-11(5-3-10)12-8-14(22(26,27)28)30-20-16(12)17(18(36-20)19(29)35)31-15(34)9-33-7-6-13(32-33)21(23,24)25/h2-8H,9H2,1H3,(H2,29,35)(H,31,34). The van der Waals surface area contributed by atoms with Crippen molar-refractivity contribution in [3.63, 3.8) is 0 Å². The molecular formula is C22H15F6N5O2S. The molecule has 2 amide bonds. The van der Waals surface area contributed by atoms with Gasteiger partial charge < -0.3 is 11.1 Å². The number of fused-ring (bicyclic) bond motifs is 1. The number of rotatable bonds is 5. The molecule has 0 saturated heterocycles. The van der Waals surface area contributed by atoms with E-state index >= 15 is 0 Å². The number of pyridine rings is 1. The number of nitrogens with zero attached hydrogens (tertiary/aromatic N) is 3. The minimum Gasteiger partial charge on any atom is -0.365 e. The van der Waals surface area contributed by atoms with Crippen LogP contribution in [0.15, 0.2) is 42.6 Å². The van der Waals surface area contributed by atoms with Crippen LogP contribution in [0.1, 0.15) is 26.6 Å². The van der Waals surface area contributed by atoms with E-state index in [1.54, 1.807) is 31.2 Å². The molecule has 0 aliphatic heterocycles. The number of hydrogen-bond acceptors (Lipinski definition) is 5. The third-order valence-corrected chi connectivity index (χ3v) is 6.14. The minimum absolute atomic E-state index is 0.0322. The fourth-order valence-electron chi connectivity index (χ4n) is 3.42. The zero-order chi connectivity index (χ0) is 26.4. The van der Waals surface area contributed by atoms with Crippen LogP contribution in [-0.4, -0.2) is 26.6 Å². The number of anilines is 1. The van der Waals surface area contributed by atoms with Crippen LogP contribution < -0.4 is 11.1 Å². The van der Waals surface area contributed by atoms with E-state index in [-0.39, 0.29) is 26.3 Å². The molecule has 0 bridgehead atoms. The van der Waals surface area contributed by atoms with Gasteiger partial charge in [-0.05, 0) is 30.2 Å². The molecule has 36 heavy (non-hydrogen) atoms. The maximum Gasteiger partial charge on any atom is 0.435 e. The van der Waals surface area contributed by atoms with Crippen LogP contribution in [0.3, 0.4) is 0 Å². The molecule has 3 heterocycles. The van der Waals surface area contributed by atoms with E-state index < -0.39 is 42.1 Å². The number of benzene rings is 1. The lowest BCUT2D eigenvalue weighted by molar-refractivity contribution is -0.142. The number of nitrogens with two attached hydrogens (primary N) is 1.